The van der Waals surface area contributed by atoms with E-state index in [0.29, 0.717) is 34.3 Å². The molecule has 0 bridgehead atoms. The molecule has 0 saturated heterocycles. The number of ketones is 1. The van der Waals surface area contributed by atoms with Crippen molar-refractivity contribution >= 4 is 17.8 Å². The van der Waals surface area contributed by atoms with E-state index in [9.17, 15) is 9.59 Å². The highest BCUT2D eigenvalue weighted by Crippen LogP contribution is 2.52. The third kappa shape index (κ3) is 2.86. The van der Waals surface area contributed by atoms with E-state index in [1.54, 1.807) is 36.5 Å². The highest BCUT2D eigenvalue weighted by atomic mass is 16.5. The first-order chi connectivity index (χ1) is 14.5. The summed E-state index contributed by atoms with van der Waals surface area (Å²) in [6.45, 7) is 1.82. The number of methoxy groups -OCH3 is 1. The van der Waals surface area contributed by atoms with Crippen molar-refractivity contribution in [3.63, 3.8) is 0 Å². The molecule has 0 unspecified atom stereocenters. The number of furan rings is 1. The first kappa shape index (κ1) is 18.2. The van der Waals surface area contributed by atoms with Crippen molar-refractivity contribution in [3.8, 4) is 17.4 Å². The number of hydrogen-bond acceptors (Lipinski definition) is 7. The van der Waals surface area contributed by atoms with E-state index in [1.165, 1.54) is 7.11 Å². The largest absolute Gasteiger partial charge is 0.469 e. The van der Waals surface area contributed by atoms with Crippen LogP contribution in [0.2, 0.25) is 0 Å². The zero-order valence-electron chi connectivity index (χ0n) is 16.3. The molecule has 7 nitrogen and oxygen atoms in total. The molecular formula is C23H17NO6. The minimum absolute atomic E-state index is 0.0655. The zero-order valence-corrected chi connectivity index (χ0v) is 16.3. The summed E-state index contributed by atoms with van der Waals surface area (Å²) in [5.74, 6) is 1.66. The standard InChI is InChI=1S/C23H17NO6/c1-12-5-6-13(28-12)10-18-21(26)15-7-8-17-20(22(15)29-18)16(11-19(25)27-2)14-4-3-9-24-23(14)30-17/h3-10,16H,11H2,1-2H3/b18-10-/t16-/m0/s1. The molecule has 0 aliphatic carbocycles. The normalized spacial score (nSPS) is 17.6. The van der Waals surface area contributed by atoms with Gasteiger partial charge in [-0.3, -0.25) is 9.59 Å². The molecule has 30 heavy (non-hydrogen) atoms. The Hall–Kier alpha value is -3.87. The summed E-state index contributed by atoms with van der Waals surface area (Å²) in [5, 5.41) is 0. The van der Waals surface area contributed by atoms with Gasteiger partial charge in [-0.2, -0.15) is 0 Å². The minimum atomic E-state index is -0.419. The Labute approximate surface area is 171 Å². The SMILES string of the molecule is COC(=O)C[C@H]1c2cccnc2Oc2ccc3c(c21)O/C(=C\c1ccc(C)o1)C3=O. The van der Waals surface area contributed by atoms with Crippen LogP contribution in [0, 0.1) is 6.92 Å². The van der Waals surface area contributed by atoms with Gasteiger partial charge in [-0.05, 0) is 37.3 Å². The van der Waals surface area contributed by atoms with Gasteiger partial charge in [-0.25, -0.2) is 4.98 Å². The van der Waals surface area contributed by atoms with Gasteiger partial charge in [0.05, 0.1) is 19.1 Å². The maximum atomic E-state index is 12.9. The number of aryl methyl sites for hydroxylation is 1. The van der Waals surface area contributed by atoms with Crippen LogP contribution in [-0.4, -0.2) is 23.8 Å². The summed E-state index contributed by atoms with van der Waals surface area (Å²) < 4.78 is 22.4. The van der Waals surface area contributed by atoms with E-state index in [0.717, 1.165) is 11.3 Å². The van der Waals surface area contributed by atoms with Crippen LogP contribution in [0.15, 0.2) is 52.8 Å². The molecule has 2 aliphatic rings. The summed E-state index contributed by atoms with van der Waals surface area (Å²) in [7, 11) is 1.34. The van der Waals surface area contributed by atoms with E-state index in [1.807, 2.05) is 19.1 Å². The second-order valence-corrected chi connectivity index (χ2v) is 7.07. The zero-order chi connectivity index (χ0) is 20.8. The van der Waals surface area contributed by atoms with E-state index < -0.39 is 5.92 Å². The molecule has 1 atom stereocenters. The van der Waals surface area contributed by atoms with Crippen molar-refractivity contribution < 1.29 is 28.2 Å². The van der Waals surface area contributed by atoms with Gasteiger partial charge >= 0.3 is 5.97 Å². The summed E-state index contributed by atoms with van der Waals surface area (Å²) in [6.07, 6.45) is 3.25. The Kier molecular flexibility index (Phi) is 4.17. The molecule has 0 fully saturated rings. The highest BCUT2D eigenvalue weighted by Gasteiger charge is 2.39. The van der Waals surface area contributed by atoms with Gasteiger partial charge in [0, 0.05) is 29.3 Å². The van der Waals surface area contributed by atoms with Gasteiger partial charge in [0.1, 0.15) is 23.0 Å². The Balaban J connectivity index is 1.63. The molecule has 0 saturated carbocycles. The molecule has 4 heterocycles. The van der Waals surface area contributed by atoms with Gasteiger partial charge in [0.25, 0.3) is 0 Å². The van der Waals surface area contributed by atoms with Gasteiger partial charge in [-0.15, -0.1) is 0 Å². The molecule has 0 radical (unpaired) electrons. The van der Waals surface area contributed by atoms with Crippen molar-refractivity contribution in [2.24, 2.45) is 0 Å². The van der Waals surface area contributed by atoms with Gasteiger partial charge < -0.3 is 18.6 Å². The molecule has 150 valence electrons. The third-order valence-corrected chi connectivity index (χ3v) is 5.20. The number of Topliss-reactive ketones (excluding diaryl/α,β-unsaturated/α-hetero) is 1. The molecule has 7 heteroatoms. The number of hydrogen-bond donors (Lipinski definition) is 0. The number of nitrogens with zero attached hydrogens (tertiary/aromatic N) is 1. The predicted molar refractivity (Wildman–Crippen MR) is 106 cm³/mol. The lowest BCUT2D eigenvalue weighted by Crippen LogP contribution is -2.16. The first-order valence-corrected chi connectivity index (χ1v) is 9.42. The molecule has 0 amide bonds. The highest BCUT2D eigenvalue weighted by molar-refractivity contribution is 6.15. The number of esters is 1. The fourth-order valence-electron chi connectivity index (χ4n) is 3.81. The van der Waals surface area contributed by atoms with E-state index in [2.05, 4.69) is 4.98 Å². The van der Waals surface area contributed by atoms with Crippen molar-refractivity contribution in [2.45, 2.75) is 19.3 Å². The van der Waals surface area contributed by atoms with Crippen molar-refractivity contribution in [1.82, 2.24) is 4.98 Å². The lowest BCUT2D eigenvalue weighted by Gasteiger charge is -2.27. The molecule has 3 aromatic rings. The van der Waals surface area contributed by atoms with Gasteiger partial charge in [-0.1, -0.05) is 6.07 Å². The number of carbonyl (C=O) groups excluding carboxylic acids is 2. The van der Waals surface area contributed by atoms with Crippen LogP contribution in [0.4, 0.5) is 0 Å². The van der Waals surface area contributed by atoms with Crippen molar-refractivity contribution in [1.29, 1.82) is 0 Å². The van der Waals surface area contributed by atoms with Crippen LogP contribution in [-0.2, 0) is 9.53 Å². The second-order valence-electron chi connectivity index (χ2n) is 7.07. The number of rotatable bonds is 3. The van der Waals surface area contributed by atoms with Crippen LogP contribution in [0.1, 0.15) is 45.3 Å². The van der Waals surface area contributed by atoms with Crippen LogP contribution in [0.25, 0.3) is 6.08 Å². The molecule has 2 aromatic heterocycles. The van der Waals surface area contributed by atoms with Crippen LogP contribution >= 0.6 is 0 Å². The molecule has 0 spiro atoms. The average molecular weight is 403 g/mol. The molecule has 5 rings (SSSR count). The first-order valence-electron chi connectivity index (χ1n) is 9.42. The van der Waals surface area contributed by atoms with Crippen LogP contribution < -0.4 is 9.47 Å². The fourth-order valence-corrected chi connectivity index (χ4v) is 3.81. The van der Waals surface area contributed by atoms with E-state index in [-0.39, 0.29) is 23.9 Å². The number of pyridine rings is 1. The predicted octanol–water partition coefficient (Wildman–Crippen LogP) is 4.40. The average Bonchev–Trinajstić information content (AvgIpc) is 3.30. The summed E-state index contributed by atoms with van der Waals surface area (Å²) >= 11 is 0. The van der Waals surface area contributed by atoms with Crippen LogP contribution in [0.3, 0.4) is 0 Å². The third-order valence-electron chi connectivity index (χ3n) is 5.20. The van der Waals surface area contributed by atoms with E-state index >= 15 is 0 Å². The lowest BCUT2D eigenvalue weighted by molar-refractivity contribution is -0.140. The topological polar surface area (TPSA) is 87.9 Å². The monoisotopic (exact) mass is 403 g/mol. The number of allylic oxidation sites excluding steroid dienone is 1. The maximum Gasteiger partial charge on any atom is 0.306 e. The summed E-state index contributed by atoms with van der Waals surface area (Å²) in [5.41, 5.74) is 1.78. The smallest absolute Gasteiger partial charge is 0.306 e. The number of ether oxygens (including phenoxy) is 3. The Morgan fingerprint density at radius 1 is 1.20 bits per heavy atom. The maximum absolute atomic E-state index is 12.9. The fraction of sp³-hybridized carbons (Fsp3) is 0.174. The van der Waals surface area contributed by atoms with Crippen molar-refractivity contribution in [2.75, 3.05) is 7.11 Å². The molecule has 0 N–H and O–H groups in total. The Morgan fingerprint density at radius 2 is 2.07 bits per heavy atom. The number of benzene rings is 1. The number of carbonyl (C=O) groups is 2. The molecule has 2 aliphatic heterocycles. The van der Waals surface area contributed by atoms with Gasteiger partial charge in [0.2, 0.25) is 11.7 Å². The van der Waals surface area contributed by atoms with Gasteiger partial charge in [0.15, 0.2) is 5.76 Å². The minimum Gasteiger partial charge on any atom is -0.469 e. The van der Waals surface area contributed by atoms with Crippen LogP contribution in [0.5, 0.6) is 17.4 Å². The lowest BCUT2D eigenvalue weighted by atomic mass is 9.85. The summed E-state index contributed by atoms with van der Waals surface area (Å²) in [4.78, 5) is 29.4. The quantitative estimate of drug-likeness (QED) is 0.473. The Morgan fingerprint density at radius 3 is 2.83 bits per heavy atom. The Bertz CT molecular complexity index is 1220. The second kappa shape index (κ2) is 6.88. The summed E-state index contributed by atoms with van der Waals surface area (Å²) in [6, 6.07) is 10.6. The molecule has 1 aromatic carbocycles. The van der Waals surface area contributed by atoms with E-state index in [4.69, 9.17) is 18.6 Å². The number of aromatic nitrogens is 1. The molecular weight excluding hydrogens is 386 g/mol. The number of fused-ring (bicyclic) bond motifs is 4. The van der Waals surface area contributed by atoms with Crippen molar-refractivity contribution in [3.05, 3.63) is 76.6 Å².